The van der Waals surface area contributed by atoms with Crippen molar-refractivity contribution < 1.29 is 60.1 Å². The number of hydrogen-bond donors (Lipinski definition) is 0. The van der Waals surface area contributed by atoms with Crippen molar-refractivity contribution in [3.8, 4) is 0 Å². The molecule has 0 spiro atoms. The summed E-state index contributed by atoms with van der Waals surface area (Å²) in [6, 6.07) is 0. The van der Waals surface area contributed by atoms with Gasteiger partial charge >= 0.3 is 18.9 Å². The van der Waals surface area contributed by atoms with Gasteiger partial charge in [-0.1, -0.05) is 0 Å². The maximum Gasteiger partial charge on any atom is 1.00 e. The minimum atomic E-state index is -2.85. The van der Waals surface area contributed by atoms with Crippen LogP contribution in [0.1, 0.15) is 0 Å². The molecule has 50 valence electrons. The summed E-state index contributed by atoms with van der Waals surface area (Å²) in [7, 11) is -2.85. The third kappa shape index (κ3) is 506. The molecule has 0 rings (SSSR count). The van der Waals surface area contributed by atoms with E-state index in [1.54, 1.807) is 0 Å². The zero-order valence-electron chi connectivity index (χ0n) is 4.10. The van der Waals surface area contributed by atoms with Crippen molar-refractivity contribution in [1.82, 2.24) is 0 Å². The molecular formula is H6ClLiO6. The Morgan fingerprint density at radius 3 is 0.750 bits per heavy atom. The second-order valence-corrected chi connectivity index (χ2v) is 0.567. The Kier molecular flexibility index (Phi) is 121. The number of rotatable bonds is 0. The first-order valence-electron chi connectivity index (χ1n) is 0.463. The van der Waals surface area contributed by atoms with E-state index < -0.39 is 10.8 Å². The van der Waals surface area contributed by atoms with Gasteiger partial charge in [0.1, 0.15) is 0 Å². The molecule has 0 unspecified atom stereocenters. The molecule has 0 amide bonds. The van der Waals surface area contributed by atoms with Gasteiger partial charge < -0.3 is 30.4 Å². The average Bonchev–Trinajstić information content (AvgIpc) is 0.811. The van der Waals surface area contributed by atoms with Crippen LogP contribution >= 0.6 is 0 Å². The van der Waals surface area contributed by atoms with Crippen LogP contribution in [0, 0.1) is 10.8 Å². The van der Waals surface area contributed by atoms with E-state index in [-0.39, 0.29) is 35.3 Å². The van der Waals surface area contributed by atoms with Crippen molar-refractivity contribution in [3.63, 3.8) is 0 Å². The fourth-order valence-corrected chi connectivity index (χ4v) is 0. The van der Waals surface area contributed by atoms with Gasteiger partial charge in [-0.25, -0.2) is 0 Å². The zero-order valence-corrected chi connectivity index (χ0v) is 4.86. The second kappa shape index (κ2) is 25.4. The Hall–Kier alpha value is 0.647. The van der Waals surface area contributed by atoms with Gasteiger partial charge in [0.25, 0.3) is 0 Å². The summed E-state index contributed by atoms with van der Waals surface area (Å²) in [6.07, 6.45) is 0. The second-order valence-electron chi connectivity index (χ2n) is 0.189. The normalized spacial score (nSPS) is 4.50. The first-order valence-corrected chi connectivity index (χ1v) is 1.39. The van der Waals surface area contributed by atoms with Gasteiger partial charge in [0.05, 0.1) is 10.8 Å². The van der Waals surface area contributed by atoms with Crippen molar-refractivity contribution in [3.05, 3.63) is 0 Å². The molecule has 0 aromatic rings. The van der Waals surface area contributed by atoms with Crippen LogP contribution in [-0.4, -0.2) is 16.4 Å². The third-order valence-electron chi connectivity index (χ3n) is 0. The van der Waals surface area contributed by atoms with Gasteiger partial charge in [-0.15, -0.1) is 0 Å². The predicted octanol–water partition coefficient (Wildman–Crippen LogP) is -9.04. The van der Waals surface area contributed by atoms with E-state index >= 15 is 0 Å². The van der Waals surface area contributed by atoms with E-state index in [1.165, 1.54) is 0 Å². The van der Waals surface area contributed by atoms with Crippen LogP contribution in [-0.2, 0) is 0 Å². The van der Waals surface area contributed by atoms with Gasteiger partial charge in [-0.2, -0.15) is 0 Å². The molecule has 0 saturated heterocycles. The van der Waals surface area contributed by atoms with E-state index in [0.717, 1.165) is 0 Å². The minimum absolute atomic E-state index is 0. The largest absolute Gasteiger partial charge is 1.00 e. The summed E-state index contributed by atoms with van der Waals surface area (Å²) in [4.78, 5) is 0. The fraction of sp³-hybridized carbons (Fsp3) is 0. The molecule has 8 heavy (non-hydrogen) atoms. The van der Waals surface area contributed by atoms with Gasteiger partial charge in [0.2, 0.25) is 0 Å². The third-order valence-corrected chi connectivity index (χ3v) is 0. The van der Waals surface area contributed by atoms with Crippen LogP contribution in [0.5, 0.6) is 0 Å². The standard InChI is InChI=1S/ClO3.Li.3H2O/c2-1(3)4;;;;/h;;3*1H2/q-1;+1;;;. The molecule has 0 aliphatic heterocycles. The van der Waals surface area contributed by atoms with E-state index in [0.29, 0.717) is 0 Å². The quantitative estimate of drug-likeness (QED) is 0.309. The number of halogens is 1. The van der Waals surface area contributed by atoms with E-state index in [9.17, 15) is 0 Å². The van der Waals surface area contributed by atoms with Gasteiger partial charge in [-0.3, -0.25) is 0 Å². The molecule has 0 atom stereocenters. The molecule has 0 radical (unpaired) electrons. The molecule has 0 fully saturated rings. The average molecular weight is 144 g/mol. The molecule has 0 bridgehead atoms. The van der Waals surface area contributed by atoms with E-state index in [2.05, 4.69) is 0 Å². The Bertz CT molecular complexity index is 13.2. The molecule has 0 aromatic heterocycles. The van der Waals surface area contributed by atoms with Gasteiger partial charge in [-0.05, 0) is 0 Å². The summed E-state index contributed by atoms with van der Waals surface area (Å²) in [6.45, 7) is 0. The SMILES string of the molecule is O.O.O.[Li+].[O-][Cl+2]([O-])[O-]. The first-order chi connectivity index (χ1) is 1.73. The van der Waals surface area contributed by atoms with Crippen LogP contribution < -0.4 is 32.8 Å². The van der Waals surface area contributed by atoms with Crippen LogP contribution in [0.15, 0.2) is 0 Å². The molecule has 8 heteroatoms. The minimum Gasteiger partial charge on any atom is -0.412 e. The first kappa shape index (κ1) is 38.0. The summed E-state index contributed by atoms with van der Waals surface area (Å²) >= 11 is 0. The monoisotopic (exact) mass is 144 g/mol. The molecule has 6 nitrogen and oxygen atoms in total. The maximum absolute atomic E-state index is 8.41. The Labute approximate surface area is 60.6 Å². The van der Waals surface area contributed by atoms with Crippen molar-refractivity contribution in [2.45, 2.75) is 0 Å². The molecule has 0 aromatic carbocycles. The molecule has 6 N–H and O–H groups in total. The fourth-order valence-electron chi connectivity index (χ4n) is 0. The molecular weight excluding hydrogens is 138 g/mol. The summed E-state index contributed by atoms with van der Waals surface area (Å²) in [5, 5.41) is 0. The molecule has 0 aliphatic carbocycles. The van der Waals surface area contributed by atoms with Crippen LogP contribution in [0.2, 0.25) is 0 Å². The topological polar surface area (TPSA) is 164 Å². The Morgan fingerprint density at radius 1 is 0.750 bits per heavy atom. The summed E-state index contributed by atoms with van der Waals surface area (Å²) in [5.74, 6) is 0. The Morgan fingerprint density at radius 2 is 0.750 bits per heavy atom. The predicted molar refractivity (Wildman–Crippen MR) is 10.8 cm³/mol. The van der Waals surface area contributed by atoms with Crippen molar-refractivity contribution >= 4 is 0 Å². The van der Waals surface area contributed by atoms with Gasteiger partial charge in [0, 0.05) is 0 Å². The van der Waals surface area contributed by atoms with Gasteiger partial charge in [0.15, 0.2) is 0 Å². The van der Waals surface area contributed by atoms with Crippen molar-refractivity contribution in [2.75, 3.05) is 0 Å². The van der Waals surface area contributed by atoms with Crippen LogP contribution in [0.3, 0.4) is 0 Å². The Balaban J connectivity index is -0.00000000750. The van der Waals surface area contributed by atoms with Crippen LogP contribution in [0.4, 0.5) is 0 Å². The summed E-state index contributed by atoms with van der Waals surface area (Å²) < 4.78 is 25.2. The molecule has 0 aliphatic rings. The van der Waals surface area contributed by atoms with Crippen molar-refractivity contribution in [1.29, 1.82) is 0 Å². The van der Waals surface area contributed by atoms with E-state index in [4.69, 9.17) is 14.0 Å². The summed E-state index contributed by atoms with van der Waals surface area (Å²) in [5.41, 5.74) is 0. The zero-order chi connectivity index (χ0) is 3.58. The van der Waals surface area contributed by atoms with Crippen molar-refractivity contribution in [2.24, 2.45) is 0 Å². The number of hydrogen-bond acceptors (Lipinski definition) is 3. The van der Waals surface area contributed by atoms with Crippen LogP contribution in [0.25, 0.3) is 0 Å². The van der Waals surface area contributed by atoms with E-state index in [1.807, 2.05) is 0 Å². The molecule has 0 saturated carbocycles. The molecule has 0 heterocycles. The smallest absolute Gasteiger partial charge is 0.412 e. The maximum atomic E-state index is 8.41.